The van der Waals surface area contributed by atoms with Gasteiger partial charge in [-0.05, 0) is 75.3 Å². The molecule has 2 aromatic rings. The van der Waals surface area contributed by atoms with Crippen LogP contribution in [0.1, 0.15) is 66.8 Å². The molecule has 36 heavy (non-hydrogen) atoms. The van der Waals surface area contributed by atoms with Crippen molar-refractivity contribution in [1.82, 2.24) is 14.6 Å². The number of benzene rings is 1. The molecule has 4 rings (SSSR count). The summed E-state index contributed by atoms with van der Waals surface area (Å²) in [5.41, 5.74) is 1.11. The number of ether oxygens (including phenoxy) is 2. The number of nitrogens with zero attached hydrogens (tertiary/aromatic N) is 2. The predicted molar refractivity (Wildman–Crippen MR) is 134 cm³/mol. The van der Waals surface area contributed by atoms with E-state index in [2.05, 4.69) is 19.9 Å². The van der Waals surface area contributed by atoms with Gasteiger partial charge in [0.25, 0.3) is 5.91 Å². The Morgan fingerprint density at radius 1 is 1.28 bits per heavy atom. The summed E-state index contributed by atoms with van der Waals surface area (Å²) in [5, 5.41) is 17.3. The number of fused-ring (bicyclic) bond motifs is 1. The van der Waals surface area contributed by atoms with E-state index < -0.39 is 23.3 Å². The van der Waals surface area contributed by atoms with Crippen LogP contribution in [0.5, 0.6) is 0 Å². The Morgan fingerprint density at radius 3 is 2.64 bits per heavy atom. The number of hydrogen-bond acceptors (Lipinski definition) is 9. The van der Waals surface area contributed by atoms with Crippen molar-refractivity contribution in [3.63, 3.8) is 0 Å². The highest BCUT2D eigenvalue weighted by atomic mass is 32.1. The minimum Gasteiger partial charge on any atom is -0.457 e. The highest BCUT2D eigenvalue weighted by molar-refractivity contribution is 7.10. The molecule has 1 saturated heterocycles. The summed E-state index contributed by atoms with van der Waals surface area (Å²) < 4.78 is 14.6. The lowest BCUT2D eigenvalue weighted by molar-refractivity contribution is -0.124. The summed E-state index contributed by atoms with van der Waals surface area (Å²) in [7, 11) is 0. The first-order valence-electron chi connectivity index (χ1n) is 11.9. The number of aliphatic hydroxyl groups excluding tert-OH is 1. The molecule has 10 nitrogen and oxygen atoms in total. The van der Waals surface area contributed by atoms with Crippen LogP contribution in [0.3, 0.4) is 0 Å². The minimum atomic E-state index is -1.16. The Kier molecular flexibility index (Phi) is 7.35. The second-order valence-corrected chi connectivity index (χ2v) is 11.1. The quantitative estimate of drug-likeness (QED) is 0.499. The number of piperidine rings is 1. The Bertz CT molecular complexity index is 1140. The maximum absolute atomic E-state index is 13.3. The predicted octanol–water partition coefficient (Wildman–Crippen LogP) is 3.15. The molecular formula is C25H32N4O6S. The molecule has 0 aliphatic carbocycles. The fraction of sp³-hybridized carbons (Fsp3) is 0.520. The summed E-state index contributed by atoms with van der Waals surface area (Å²) in [6.07, 6.45) is 0.857. The largest absolute Gasteiger partial charge is 0.457 e. The lowest BCUT2D eigenvalue weighted by Gasteiger charge is -2.41. The number of anilines is 1. The van der Waals surface area contributed by atoms with Crippen molar-refractivity contribution in [3.05, 3.63) is 46.6 Å². The van der Waals surface area contributed by atoms with Crippen molar-refractivity contribution in [1.29, 1.82) is 0 Å². The normalized spacial score (nSPS) is 18.2. The zero-order valence-corrected chi connectivity index (χ0v) is 21.7. The van der Waals surface area contributed by atoms with E-state index in [1.807, 2.05) is 6.92 Å². The highest BCUT2D eigenvalue weighted by Gasteiger charge is 2.44. The van der Waals surface area contributed by atoms with Crippen LogP contribution in [-0.4, -0.2) is 63.1 Å². The zero-order chi connectivity index (χ0) is 26.1. The number of esters is 1. The van der Waals surface area contributed by atoms with Gasteiger partial charge in [0.2, 0.25) is 0 Å². The second kappa shape index (κ2) is 10.2. The molecule has 1 fully saturated rings. The molecule has 0 spiro atoms. The van der Waals surface area contributed by atoms with Crippen molar-refractivity contribution >= 4 is 34.5 Å². The summed E-state index contributed by atoms with van der Waals surface area (Å²) in [4.78, 5) is 39.8. The monoisotopic (exact) mass is 516 g/mol. The Labute approximate surface area is 214 Å². The van der Waals surface area contributed by atoms with E-state index in [1.54, 1.807) is 45.2 Å². The number of β-amino-alcohol motifs (C(OH)–C–C–N with tert-alkyl or cyclic N) is 1. The number of hydrogen-bond donors (Lipinski definition) is 3. The van der Waals surface area contributed by atoms with Gasteiger partial charge in [0.1, 0.15) is 22.7 Å². The molecule has 1 aromatic carbocycles. The number of carbonyl (C=O) groups is 3. The number of carbonyl (C=O) groups excluding carboxylic acids is 3. The molecule has 3 heterocycles. The third-order valence-corrected chi connectivity index (χ3v) is 7.22. The van der Waals surface area contributed by atoms with E-state index in [0.717, 1.165) is 28.2 Å². The number of amides is 2. The Morgan fingerprint density at radius 2 is 2.00 bits per heavy atom. The molecule has 194 valence electrons. The summed E-state index contributed by atoms with van der Waals surface area (Å²) in [6.45, 7) is 8.72. The van der Waals surface area contributed by atoms with Crippen molar-refractivity contribution in [3.8, 4) is 0 Å². The average Bonchev–Trinajstić information content (AvgIpc) is 3.44. The van der Waals surface area contributed by atoms with Crippen LogP contribution in [-0.2, 0) is 20.9 Å². The topological polar surface area (TPSA) is 130 Å². The van der Waals surface area contributed by atoms with Crippen LogP contribution in [0.25, 0.3) is 0 Å². The van der Waals surface area contributed by atoms with Crippen LogP contribution < -0.4 is 10.6 Å². The van der Waals surface area contributed by atoms with Crippen LogP contribution in [0.2, 0.25) is 0 Å². The van der Waals surface area contributed by atoms with Crippen molar-refractivity contribution in [2.24, 2.45) is 0 Å². The van der Waals surface area contributed by atoms with Gasteiger partial charge < -0.3 is 30.1 Å². The van der Waals surface area contributed by atoms with Gasteiger partial charge in [-0.25, -0.2) is 9.59 Å². The van der Waals surface area contributed by atoms with E-state index in [-0.39, 0.29) is 18.5 Å². The van der Waals surface area contributed by atoms with Crippen LogP contribution in [0.4, 0.5) is 9.80 Å². The van der Waals surface area contributed by atoms with Crippen molar-refractivity contribution < 1.29 is 29.0 Å². The number of alkyl carbamates (subject to hydrolysis) is 1. The van der Waals surface area contributed by atoms with Crippen molar-refractivity contribution in [2.45, 2.75) is 64.4 Å². The van der Waals surface area contributed by atoms with Crippen LogP contribution in [0, 0.1) is 6.92 Å². The Balaban J connectivity index is 1.44. The van der Waals surface area contributed by atoms with Gasteiger partial charge in [-0.2, -0.15) is 4.37 Å². The number of cyclic esters (lactones) is 1. The van der Waals surface area contributed by atoms with Crippen LogP contribution >= 0.6 is 11.5 Å². The fourth-order valence-corrected chi connectivity index (χ4v) is 5.10. The number of rotatable bonds is 6. The van der Waals surface area contributed by atoms with Gasteiger partial charge in [-0.3, -0.25) is 4.79 Å². The first-order chi connectivity index (χ1) is 17.0. The molecule has 2 aliphatic rings. The molecule has 0 saturated carbocycles. The fourth-order valence-electron chi connectivity index (χ4n) is 4.61. The van der Waals surface area contributed by atoms with Gasteiger partial charge in [-0.15, -0.1) is 0 Å². The van der Waals surface area contributed by atoms with Gasteiger partial charge >= 0.3 is 12.1 Å². The van der Waals surface area contributed by atoms with Crippen molar-refractivity contribution in [2.75, 3.05) is 25.0 Å². The van der Waals surface area contributed by atoms with Gasteiger partial charge in [-0.1, -0.05) is 6.07 Å². The van der Waals surface area contributed by atoms with E-state index in [1.165, 1.54) is 0 Å². The molecule has 0 radical (unpaired) electrons. The number of nitrogens with one attached hydrogen (secondary N) is 2. The summed E-state index contributed by atoms with van der Waals surface area (Å²) >= 11 is 1.16. The third-order valence-electron chi connectivity index (χ3n) is 6.56. The maximum atomic E-state index is 13.3. The molecule has 2 aliphatic heterocycles. The molecule has 11 heteroatoms. The van der Waals surface area contributed by atoms with Gasteiger partial charge in [0.15, 0.2) is 0 Å². The second-order valence-electron chi connectivity index (χ2n) is 10.2. The minimum absolute atomic E-state index is 0.220. The maximum Gasteiger partial charge on any atom is 0.408 e. The molecule has 0 bridgehead atoms. The first-order valence-corrected chi connectivity index (χ1v) is 12.7. The molecule has 2 amide bonds. The Hall–Kier alpha value is -3.02. The molecule has 0 unspecified atom stereocenters. The zero-order valence-electron chi connectivity index (χ0n) is 20.9. The van der Waals surface area contributed by atoms with Crippen LogP contribution in [0.15, 0.2) is 24.4 Å². The molecule has 3 N–H and O–H groups in total. The van der Waals surface area contributed by atoms with E-state index >= 15 is 0 Å². The SMILES string of the molecule is Cc1c([C@@H](O)CN2CCC(NC(=O)OC(C)(C)C)(C(=O)Nc3ccns3)CC2)ccc2c1COC2=O. The van der Waals surface area contributed by atoms with E-state index in [4.69, 9.17) is 9.47 Å². The lowest BCUT2D eigenvalue weighted by atomic mass is 9.86. The average molecular weight is 517 g/mol. The summed E-state index contributed by atoms with van der Waals surface area (Å²) in [6, 6.07) is 5.17. The first kappa shape index (κ1) is 26.1. The third kappa shape index (κ3) is 5.69. The van der Waals surface area contributed by atoms with Gasteiger partial charge in [0.05, 0.1) is 11.7 Å². The van der Waals surface area contributed by atoms with Gasteiger partial charge in [0, 0.05) is 31.4 Å². The number of likely N-dealkylation sites (tertiary alicyclic amines) is 1. The highest BCUT2D eigenvalue weighted by Crippen LogP contribution is 2.31. The molecule has 1 aromatic heterocycles. The summed E-state index contributed by atoms with van der Waals surface area (Å²) in [5.74, 6) is -0.660. The molecular weight excluding hydrogens is 484 g/mol. The number of aromatic nitrogens is 1. The standard InChI is InChI=1S/C25H32N4O6S/c1-15-16(5-6-17-18(15)14-34-21(17)31)19(30)13-29-11-8-25(9-12-29,28-23(33)35-24(2,3)4)22(32)27-20-7-10-26-36-20/h5-7,10,19,30H,8-9,11-14H2,1-4H3,(H,27,32)(H,28,33)/t19-/m0/s1. The smallest absolute Gasteiger partial charge is 0.408 e. The lowest BCUT2D eigenvalue weighted by Crippen LogP contribution is -2.62. The van der Waals surface area contributed by atoms with E-state index in [0.29, 0.717) is 43.0 Å². The molecule has 1 atom stereocenters. The number of aliphatic hydroxyl groups is 1. The van der Waals surface area contributed by atoms with E-state index in [9.17, 15) is 19.5 Å².